The first kappa shape index (κ1) is 17.5. The molecule has 0 bridgehead atoms. The molecule has 1 fully saturated rings. The molecule has 3 aliphatic rings. The summed E-state index contributed by atoms with van der Waals surface area (Å²) in [6.45, 7) is 5.59. The molecule has 1 aliphatic carbocycles. The number of hydrogen-bond acceptors (Lipinski definition) is 4. The molecule has 1 saturated heterocycles. The molecule has 0 radical (unpaired) electrons. The van der Waals surface area contributed by atoms with E-state index < -0.39 is 0 Å². The lowest BCUT2D eigenvalue weighted by Gasteiger charge is -2.37. The van der Waals surface area contributed by atoms with E-state index in [1.807, 2.05) is 0 Å². The van der Waals surface area contributed by atoms with Gasteiger partial charge >= 0.3 is 0 Å². The number of aromatic nitrogens is 1. The number of carbonyl (C=O) groups excluding carboxylic acids is 2. The fourth-order valence-electron chi connectivity index (χ4n) is 4.60. The van der Waals surface area contributed by atoms with Gasteiger partial charge in [0.1, 0.15) is 5.82 Å². The number of fused-ring (bicyclic) bond motifs is 3. The van der Waals surface area contributed by atoms with E-state index in [-0.39, 0.29) is 11.8 Å². The van der Waals surface area contributed by atoms with Gasteiger partial charge in [-0.2, -0.15) is 0 Å². The van der Waals surface area contributed by atoms with Crippen molar-refractivity contribution in [3.63, 3.8) is 0 Å². The summed E-state index contributed by atoms with van der Waals surface area (Å²) in [5.74, 6) is 0.871. The molecular weight excluding hydrogens is 330 g/mol. The summed E-state index contributed by atoms with van der Waals surface area (Å²) >= 11 is 0. The second-order valence-electron chi connectivity index (χ2n) is 7.83. The van der Waals surface area contributed by atoms with Crippen molar-refractivity contribution >= 4 is 17.6 Å². The molecule has 26 heavy (non-hydrogen) atoms. The second-order valence-corrected chi connectivity index (χ2v) is 7.83. The predicted molar refractivity (Wildman–Crippen MR) is 97.6 cm³/mol. The average Bonchev–Trinajstić information content (AvgIpc) is 3.11. The number of hydrogen-bond donors (Lipinski definition) is 1. The monoisotopic (exact) mass is 357 g/mol. The van der Waals surface area contributed by atoms with E-state index in [9.17, 15) is 9.59 Å². The number of likely N-dealkylation sites (tertiary alicyclic amines) is 1. The van der Waals surface area contributed by atoms with Crippen LogP contribution in [0.4, 0.5) is 5.82 Å². The van der Waals surface area contributed by atoms with Crippen LogP contribution in [0.3, 0.4) is 0 Å². The molecule has 1 unspecified atom stereocenters. The van der Waals surface area contributed by atoms with Gasteiger partial charge in [0.15, 0.2) is 0 Å². The highest BCUT2D eigenvalue weighted by Crippen LogP contribution is 2.37. The number of piperidine rings is 1. The van der Waals surface area contributed by atoms with Crippen molar-refractivity contribution in [2.45, 2.75) is 71.6 Å². The number of aryl methyl sites for hydroxylation is 1. The van der Waals surface area contributed by atoms with Crippen molar-refractivity contribution in [2.75, 3.05) is 11.9 Å². The smallest absolute Gasteiger partial charge is 0.226 e. The van der Waals surface area contributed by atoms with E-state index in [0.717, 1.165) is 55.5 Å². The molecule has 3 heterocycles. The Kier molecular flexibility index (Phi) is 4.69. The van der Waals surface area contributed by atoms with Gasteiger partial charge in [0.05, 0.1) is 13.2 Å². The minimum atomic E-state index is -0.116. The molecule has 0 spiro atoms. The van der Waals surface area contributed by atoms with Crippen LogP contribution in [0.5, 0.6) is 0 Å². The van der Waals surface area contributed by atoms with Crippen molar-refractivity contribution in [1.29, 1.82) is 0 Å². The number of pyridine rings is 1. The van der Waals surface area contributed by atoms with Gasteiger partial charge in [-0.05, 0) is 56.6 Å². The fourth-order valence-corrected chi connectivity index (χ4v) is 4.60. The molecule has 6 nitrogen and oxygen atoms in total. The third-order valence-electron chi connectivity index (χ3n) is 6.01. The van der Waals surface area contributed by atoms with E-state index in [1.54, 1.807) is 0 Å². The van der Waals surface area contributed by atoms with Crippen molar-refractivity contribution in [3.05, 3.63) is 22.4 Å². The number of anilines is 1. The van der Waals surface area contributed by atoms with Crippen LogP contribution < -0.4 is 5.32 Å². The van der Waals surface area contributed by atoms with Crippen molar-refractivity contribution in [2.24, 2.45) is 5.92 Å². The van der Waals surface area contributed by atoms with E-state index >= 15 is 0 Å². The van der Waals surface area contributed by atoms with Gasteiger partial charge in [0.25, 0.3) is 0 Å². The van der Waals surface area contributed by atoms with Gasteiger partial charge in [0.2, 0.25) is 11.8 Å². The van der Waals surface area contributed by atoms with Gasteiger partial charge < -0.3 is 15.0 Å². The standard InChI is InChI=1S/C20H27N3O3/c1-12-5-3-4-8-23(12)20(25)14-6-7-18-15(9-14)16-10-26-11-17(16)19(22-18)21-13(2)24/h12,14H,3-11H2,1-2H3,(H,21,22,24)/t12-,14?/m1/s1. The molecule has 6 heteroatoms. The Morgan fingerprint density at radius 3 is 2.73 bits per heavy atom. The van der Waals surface area contributed by atoms with Crippen LogP contribution in [0, 0.1) is 5.92 Å². The van der Waals surface area contributed by atoms with E-state index in [4.69, 9.17) is 9.72 Å². The normalized spacial score (nSPS) is 24.8. The van der Waals surface area contributed by atoms with Crippen LogP contribution in [0.25, 0.3) is 0 Å². The Bertz CT molecular complexity index is 746. The molecule has 1 aromatic rings. The Morgan fingerprint density at radius 1 is 1.15 bits per heavy atom. The molecule has 140 valence electrons. The lowest BCUT2D eigenvalue weighted by molar-refractivity contribution is -0.139. The lowest BCUT2D eigenvalue weighted by Crippen LogP contribution is -2.46. The van der Waals surface area contributed by atoms with Crippen molar-refractivity contribution in [1.82, 2.24) is 9.88 Å². The third kappa shape index (κ3) is 3.11. The van der Waals surface area contributed by atoms with Gasteiger partial charge in [-0.3, -0.25) is 9.59 Å². The highest BCUT2D eigenvalue weighted by molar-refractivity contribution is 5.89. The Balaban J connectivity index is 1.60. The van der Waals surface area contributed by atoms with Crippen LogP contribution in [-0.2, 0) is 40.4 Å². The summed E-state index contributed by atoms with van der Waals surface area (Å²) in [6.07, 6.45) is 5.81. The maximum absolute atomic E-state index is 13.1. The van der Waals surface area contributed by atoms with E-state index in [0.29, 0.717) is 31.0 Å². The maximum Gasteiger partial charge on any atom is 0.226 e. The highest BCUT2D eigenvalue weighted by Gasteiger charge is 2.35. The summed E-state index contributed by atoms with van der Waals surface area (Å²) < 4.78 is 5.65. The van der Waals surface area contributed by atoms with Gasteiger partial charge in [0, 0.05) is 36.7 Å². The average molecular weight is 357 g/mol. The van der Waals surface area contributed by atoms with Crippen LogP contribution in [-0.4, -0.2) is 34.3 Å². The zero-order valence-corrected chi connectivity index (χ0v) is 15.6. The minimum Gasteiger partial charge on any atom is -0.372 e. The van der Waals surface area contributed by atoms with E-state index in [1.165, 1.54) is 18.9 Å². The third-order valence-corrected chi connectivity index (χ3v) is 6.01. The summed E-state index contributed by atoms with van der Waals surface area (Å²) in [7, 11) is 0. The maximum atomic E-state index is 13.1. The molecule has 1 N–H and O–H groups in total. The second kappa shape index (κ2) is 6.99. The number of carbonyl (C=O) groups is 2. The summed E-state index contributed by atoms with van der Waals surface area (Å²) in [6, 6.07) is 0.354. The van der Waals surface area contributed by atoms with Gasteiger partial charge in [-0.15, -0.1) is 0 Å². The van der Waals surface area contributed by atoms with Crippen LogP contribution >= 0.6 is 0 Å². The predicted octanol–water partition coefficient (Wildman–Crippen LogP) is 2.58. The Hall–Kier alpha value is -1.95. The highest BCUT2D eigenvalue weighted by atomic mass is 16.5. The van der Waals surface area contributed by atoms with Crippen LogP contribution in [0.15, 0.2) is 0 Å². The number of nitrogens with one attached hydrogen (secondary N) is 1. The number of rotatable bonds is 2. The SMILES string of the molecule is CC(=O)Nc1nc2c(c3c1COC3)CC(C(=O)N1CCCC[C@H]1C)CC2. The Labute approximate surface area is 154 Å². The zero-order chi connectivity index (χ0) is 18.3. The topological polar surface area (TPSA) is 71.5 Å². The quantitative estimate of drug-likeness (QED) is 0.883. The molecule has 1 aromatic heterocycles. The summed E-state index contributed by atoms with van der Waals surface area (Å²) in [5.41, 5.74) is 4.33. The summed E-state index contributed by atoms with van der Waals surface area (Å²) in [5, 5.41) is 2.84. The zero-order valence-electron chi connectivity index (χ0n) is 15.6. The first-order chi connectivity index (χ1) is 12.5. The number of nitrogens with zero attached hydrogens (tertiary/aromatic N) is 2. The molecule has 0 saturated carbocycles. The first-order valence-electron chi connectivity index (χ1n) is 9.74. The van der Waals surface area contributed by atoms with E-state index in [2.05, 4.69) is 17.1 Å². The Morgan fingerprint density at radius 2 is 1.96 bits per heavy atom. The lowest BCUT2D eigenvalue weighted by atomic mass is 9.82. The number of amides is 2. The van der Waals surface area contributed by atoms with Crippen molar-refractivity contribution in [3.8, 4) is 0 Å². The molecule has 2 atom stereocenters. The minimum absolute atomic E-state index is 0.0427. The molecule has 2 aliphatic heterocycles. The molecule has 2 amide bonds. The first-order valence-corrected chi connectivity index (χ1v) is 9.74. The fraction of sp³-hybridized carbons (Fsp3) is 0.650. The van der Waals surface area contributed by atoms with Crippen LogP contribution in [0.2, 0.25) is 0 Å². The van der Waals surface area contributed by atoms with Crippen LogP contribution in [0.1, 0.15) is 61.9 Å². The van der Waals surface area contributed by atoms with Gasteiger partial charge in [-0.1, -0.05) is 0 Å². The number of ether oxygens (including phenoxy) is 1. The van der Waals surface area contributed by atoms with Crippen molar-refractivity contribution < 1.29 is 14.3 Å². The largest absolute Gasteiger partial charge is 0.372 e. The van der Waals surface area contributed by atoms with Gasteiger partial charge in [-0.25, -0.2) is 4.98 Å². The molecule has 4 rings (SSSR count). The summed E-state index contributed by atoms with van der Waals surface area (Å²) in [4.78, 5) is 31.4. The molecule has 0 aromatic carbocycles. The molecular formula is C20H27N3O3.